The minimum Gasteiger partial charge on any atom is -0.489 e. The Kier molecular flexibility index (Phi) is 5.91. The lowest BCUT2D eigenvalue weighted by molar-refractivity contribution is -0.129. The smallest absolute Gasteiger partial charge is 0.265 e. The third kappa shape index (κ3) is 4.09. The number of hydrogen-bond acceptors (Lipinski definition) is 5. The Morgan fingerprint density at radius 3 is 2.18 bits per heavy atom. The van der Waals surface area contributed by atoms with Crippen molar-refractivity contribution >= 4 is 27.3 Å². The molecule has 3 aromatic carbocycles. The molecule has 3 aromatic rings. The average Bonchev–Trinajstić information content (AvgIpc) is 2.88. The first-order chi connectivity index (χ1) is 16.4. The van der Waals surface area contributed by atoms with E-state index in [0.717, 1.165) is 24.3 Å². The normalized spacial score (nSPS) is 18.3. The topological polar surface area (TPSA) is 70.2 Å². The molecule has 0 N–H and O–H groups in total. The number of carbonyl (C=O) groups is 1. The quantitative estimate of drug-likeness (QED) is 0.573. The molecular weight excluding hydrogens is 450 g/mol. The Balaban J connectivity index is 1.53. The molecule has 1 saturated heterocycles. The second-order valence-corrected chi connectivity index (χ2v) is 10.3. The second kappa shape index (κ2) is 9.02. The number of ether oxygens (including phenoxy) is 1. The van der Waals surface area contributed by atoms with Gasteiger partial charge in [-0.3, -0.25) is 9.10 Å². The summed E-state index contributed by atoms with van der Waals surface area (Å²) in [6, 6.07) is 23.3. The maximum atomic E-state index is 13.8. The monoisotopic (exact) mass is 477 g/mol. The summed E-state index contributed by atoms with van der Waals surface area (Å²) in [7, 11) is -3.83. The molecule has 5 rings (SSSR count). The van der Waals surface area contributed by atoms with Crippen LogP contribution in [0, 0.1) is 0 Å². The first-order valence-corrected chi connectivity index (χ1v) is 12.8. The first kappa shape index (κ1) is 22.3. The Morgan fingerprint density at radius 2 is 1.53 bits per heavy atom. The highest BCUT2D eigenvalue weighted by molar-refractivity contribution is 7.92. The number of hydrogen-bond donors (Lipinski definition) is 0. The SMILES string of the molecule is CC(=O)N1CCN(c2ccc3c(c2)OCC(c2ccccc2)N3S(=O)(=O)c2ccccc2)CC1. The lowest BCUT2D eigenvalue weighted by Crippen LogP contribution is -2.48. The molecule has 0 radical (unpaired) electrons. The van der Waals surface area contributed by atoms with Gasteiger partial charge in [-0.25, -0.2) is 8.42 Å². The van der Waals surface area contributed by atoms with E-state index in [1.54, 1.807) is 37.3 Å². The molecule has 7 nitrogen and oxygen atoms in total. The number of carbonyl (C=O) groups excluding carboxylic acids is 1. The van der Waals surface area contributed by atoms with Crippen molar-refractivity contribution in [1.29, 1.82) is 0 Å². The molecule has 1 fully saturated rings. The van der Waals surface area contributed by atoms with Gasteiger partial charge >= 0.3 is 0 Å². The lowest BCUT2D eigenvalue weighted by atomic mass is 10.1. The molecule has 1 unspecified atom stereocenters. The molecule has 0 aromatic heterocycles. The van der Waals surface area contributed by atoms with E-state index in [9.17, 15) is 13.2 Å². The summed E-state index contributed by atoms with van der Waals surface area (Å²) in [6.45, 7) is 4.57. The third-order valence-corrected chi connectivity index (χ3v) is 8.27. The van der Waals surface area contributed by atoms with Crippen molar-refractivity contribution < 1.29 is 17.9 Å². The predicted molar refractivity (Wildman–Crippen MR) is 132 cm³/mol. The van der Waals surface area contributed by atoms with Crippen molar-refractivity contribution in [2.75, 3.05) is 42.0 Å². The summed E-state index contributed by atoms with van der Waals surface area (Å²) in [5.74, 6) is 0.625. The highest BCUT2D eigenvalue weighted by Crippen LogP contribution is 2.44. The number of nitrogens with zero attached hydrogens (tertiary/aromatic N) is 3. The molecule has 0 aliphatic carbocycles. The summed E-state index contributed by atoms with van der Waals surface area (Å²) >= 11 is 0. The number of amides is 1. The Labute approximate surface area is 200 Å². The van der Waals surface area contributed by atoms with E-state index in [0.29, 0.717) is 24.5 Å². The van der Waals surface area contributed by atoms with Crippen molar-refractivity contribution in [3.05, 3.63) is 84.4 Å². The van der Waals surface area contributed by atoms with Crippen LogP contribution in [0.3, 0.4) is 0 Å². The average molecular weight is 478 g/mol. The van der Waals surface area contributed by atoms with Crippen molar-refractivity contribution in [2.24, 2.45) is 0 Å². The summed E-state index contributed by atoms with van der Waals surface area (Å²) in [6.07, 6.45) is 0. The van der Waals surface area contributed by atoms with Crippen LogP contribution < -0.4 is 13.9 Å². The third-order valence-electron chi connectivity index (χ3n) is 6.44. The standard InChI is InChI=1S/C26H27N3O4S/c1-20(30)27-14-16-28(17-15-27)22-12-13-24-26(18-22)33-19-25(21-8-4-2-5-9-21)29(24)34(31,32)23-10-6-3-7-11-23/h2-13,18,25H,14-17,19H2,1H3. The number of benzene rings is 3. The molecule has 34 heavy (non-hydrogen) atoms. The van der Waals surface area contributed by atoms with Gasteiger partial charge in [0.2, 0.25) is 5.91 Å². The Bertz CT molecular complexity index is 1270. The Hall–Kier alpha value is -3.52. The fraction of sp³-hybridized carbons (Fsp3) is 0.269. The molecule has 8 heteroatoms. The summed E-state index contributed by atoms with van der Waals surface area (Å²) in [5.41, 5.74) is 2.35. The van der Waals surface area contributed by atoms with E-state index >= 15 is 0 Å². The molecule has 2 aliphatic rings. The molecule has 2 heterocycles. The van der Waals surface area contributed by atoms with Crippen LogP contribution in [0.4, 0.5) is 11.4 Å². The van der Waals surface area contributed by atoms with E-state index in [2.05, 4.69) is 4.90 Å². The number of anilines is 2. The molecule has 2 aliphatic heterocycles. The minimum atomic E-state index is -3.83. The van der Waals surface area contributed by atoms with Gasteiger partial charge in [-0.2, -0.15) is 0 Å². The van der Waals surface area contributed by atoms with Gasteiger partial charge in [0.15, 0.2) is 0 Å². The van der Waals surface area contributed by atoms with Crippen molar-refractivity contribution in [3.63, 3.8) is 0 Å². The van der Waals surface area contributed by atoms with E-state index in [1.165, 1.54) is 4.31 Å². The van der Waals surface area contributed by atoms with Crippen LogP contribution in [-0.2, 0) is 14.8 Å². The summed E-state index contributed by atoms with van der Waals surface area (Å²) < 4.78 is 35.3. The van der Waals surface area contributed by atoms with Crippen molar-refractivity contribution in [1.82, 2.24) is 4.90 Å². The van der Waals surface area contributed by atoms with Crippen LogP contribution in [0.25, 0.3) is 0 Å². The molecule has 176 valence electrons. The molecule has 1 atom stereocenters. The maximum Gasteiger partial charge on any atom is 0.265 e. The van der Waals surface area contributed by atoms with Crippen LogP contribution in [0.15, 0.2) is 83.8 Å². The maximum absolute atomic E-state index is 13.8. The molecule has 0 bridgehead atoms. The zero-order chi connectivity index (χ0) is 23.7. The van der Waals surface area contributed by atoms with E-state index in [4.69, 9.17) is 4.74 Å². The zero-order valence-corrected chi connectivity index (χ0v) is 19.8. The van der Waals surface area contributed by atoms with Crippen LogP contribution >= 0.6 is 0 Å². The van der Waals surface area contributed by atoms with Crippen LogP contribution in [0.5, 0.6) is 5.75 Å². The van der Waals surface area contributed by atoms with E-state index in [1.807, 2.05) is 53.4 Å². The second-order valence-electron chi connectivity index (χ2n) is 8.50. The van der Waals surface area contributed by atoms with Gasteiger partial charge in [0, 0.05) is 44.9 Å². The van der Waals surface area contributed by atoms with Crippen LogP contribution in [0.2, 0.25) is 0 Å². The lowest BCUT2D eigenvalue weighted by Gasteiger charge is -2.39. The van der Waals surface area contributed by atoms with Crippen LogP contribution in [-0.4, -0.2) is 52.0 Å². The Morgan fingerprint density at radius 1 is 0.882 bits per heavy atom. The largest absolute Gasteiger partial charge is 0.489 e. The van der Waals surface area contributed by atoms with E-state index < -0.39 is 16.1 Å². The molecule has 0 spiro atoms. The number of rotatable bonds is 4. The van der Waals surface area contributed by atoms with Gasteiger partial charge in [0.1, 0.15) is 18.4 Å². The van der Waals surface area contributed by atoms with Crippen molar-refractivity contribution in [3.8, 4) is 5.75 Å². The van der Waals surface area contributed by atoms with Crippen molar-refractivity contribution in [2.45, 2.75) is 17.9 Å². The highest BCUT2D eigenvalue weighted by Gasteiger charge is 2.38. The zero-order valence-electron chi connectivity index (χ0n) is 19.0. The van der Waals surface area contributed by atoms with Gasteiger partial charge in [-0.15, -0.1) is 0 Å². The fourth-order valence-corrected chi connectivity index (χ4v) is 6.25. The van der Waals surface area contributed by atoms with Gasteiger partial charge in [-0.1, -0.05) is 48.5 Å². The number of fused-ring (bicyclic) bond motifs is 1. The van der Waals surface area contributed by atoms with E-state index in [-0.39, 0.29) is 17.4 Å². The number of piperazine rings is 1. The minimum absolute atomic E-state index is 0.0853. The van der Waals surface area contributed by atoms with Gasteiger partial charge in [0.25, 0.3) is 10.0 Å². The van der Waals surface area contributed by atoms with Gasteiger partial charge in [-0.05, 0) is 29.8 Å². The molecule has 0 saturated carbocycles. The predicted octanol–water partition coefficient (Wildman–Crippen LogP) is 3.68. The van der Waals surface area contributed by atoms with Crippen LogP contribution in [0.1, 0.15) is 18.5 Å². The highest BCUT2D eigenvalue weighted by atomic mass is 32.2. The summed E-state index contributed by atoms with van der Waals surface area (Å²) in [4.78, 5) is 15.9. The van der Waals surface area contributed by atoms with Gasteiger partial charge < -0.3 is 14.5 Å². The number of sulfonamides is 1. The first-order valence-electron chi connectivity index (χ1n) is 11.4. The molecular formula is C26H27N3O4S. The molecule has 1 amide bonds. The fourth-order valence-electron chi connectivity index (χ4n) is 4.59. The van der Waals surface area contributed by atoms with Gasteiger partial charge in [0.05, 0.1) is 10.6 Å². The summed E-state index contributed by atoms with van der Waals surface area (Å²) in [5, 5.41) is 0.